The number of benzene rings is 1. The zero-order valence-electron chi connectivity index (χ0n) is 11.2. The average molecular weight is 246 g/mol. The van der Waals surface area contributed by atoms with Crippen LogP contribution >= 0.6 is 0 Å². The highest BCUT2D eigenvalue weighted by Gasteiger charge is 2.27. The van der Waals surface area contributed by atoms with Gasteiger partial charge in [0.05, 0.1) is 14.2 Å². The largest absolute Gasteiger partial charge is 0.493 e. The van der Waals surface area contributed by atoms with E-state index in [1.165, 1.54) is 0 Å². The molecule has 0 aromatic heterocycles. The lowest BCUT2D eigenvalue weighted by Gasteiger charge is -2.22. The van der Waals surface area contributed by atoms with E-state index in [0.29, 0.717) is 23.0 Å². The maximum Gasteiger partial charge on any atom is 0.170 e. The third-order valence-corrected chi connectivity index (χ3v) is 3.33. The van der Waals surface area contributed by atoms with Gasteiger partial charge < -0.3 is 9.47 Å². The summed E-state index contributed by atoms with van der Waals surface area (Å²) in [6, 6.07) is 3.62. The van der Waals surface area contributed by atoms with Crippen molar-refractivity contribution in [1.29, 1.82) is 0 Å². The van der Waals surface area contributed by atoms with Gasteiger partial charge in [-0.2, -0.15) is 0 Å². The maximum atomic E-state index is 12.4. The Morgan fingerprint density at radius 3 is 2.28 bits per heavy atom. The van der Waals surface area contributed by atoms with Gasteiger partial charge in [-0.3, -0.25) is 4.79 Å². The van der Waals surface area contributed by atoms with E-state index < -0.39 is 0 Å². The van der Waals surface area contributed by atoms with E-state index in [0.717, 1.165) is 5.56 Å². The summed E-state index contributed by atoms with van der Waals surface area (Å²) >= 11 is 0. The fourth-order valence-corrected chi connectivity index (χ4v) is 2.25. The highest BCUT2D eigenvalue weighted by atomic mass is 16.5. The van der Waals surface area contributed by atoms with Crippen molar-refractivity contribution >= 4 is 11.9 Å². The van der Waals surface area contributed by atoms with Crippen LogP contribution in [0.4, 0.5) is 0 Å². The lowest BCUT2D eigenvalue weighted by molar-refractivity contribution is 0.0917. The van der Waals surface area contributed by atoms with Gasteiger partial charge in [-0.15, -0.1) is 0 Å². The van der Waals surface area contributed by atoms with E-state index in [1.807, 2.05) is 18.2 Å². The van der Waals surface area contributed by atoms with Gasteiger partial charge in [0, 0.05) is 11.5 Å². The molecule has 1 aliphatic carbocycles. The lowest BCUT2D eigenvalue weighted by atomic mass is 9.82. The Morgan fingerprint density at radius 2 is 1.72 bits per heavy atom. The number of hydrogen-bond donors (Lipinski definition) is 0. The Kier molecular flexibility index (Phi) is 3.41. The molecule has 0 amide bonds. The van der Waals surface area contributed by atoms with Crippen LogP contribution in [0.5, 0.6) is 11.5 Å². The second kappa shape index (κ2) is 4.84. The first-order valence-corrected chi connectivity index (χ1v) is 6.07. The van der Waals surface area contributed by atoms with Crippen LogP contribution in [0.15, 0.2) is 18.2 Å². The molecule has 1 aromatic carbocycles. The van der Waals surface area contributed by atoms with E-state index in [2.05, 4.69) is 13.8 Å². The van der Waals surface area contributed by atoms with Crippen molar-refractivity contribution in [1.82, 2.24) is 0 Å². The molecule has 0 saturated heterocycles. The maximum absolute atomic E-state index is 12.4. The zero-order valence-corrected chi connectivity index (χ0v) is 11.2. The molecule has 0 radical (unpaired) electrons. The Bertz CT molecular complexity index is 501. The SMILES string of the molecule is COc1cc2c(cc1OC)C(=O)C(C(C)C)C=C2. The normalized spacial score (nSPS) is 17.8. The van der Waals surface area contributed by atoms with Crippen LogP contribution < -0.4 is 9.47 Å². The second-order valence-electron chi connectivity index (χ2n) is 4.79. The first-order chi connectivity index (χ1) is 8.58. The molecule has 0 N–H and O–H groups in total. The molecule has 3 nitrogen and oxygen atoms in total. The van der Waals surface area contributed by atoms with Gasteiger partial charge in [-0.25, -0.2) is 0 Å². The third-order valence-electron chi connectivity index (χ3n) is 3.33. The molecule has 3 heteroatoms. The number of Topliss-reactive ketones (excluding diaryl/α,β-unsaturated/α-hetero) is 1. The molecule has 0 saturated carbocycles. The van der Waals surface area contributed by atoms with Crippen molar-refractivity contribution in [3.63, 3.8) is 0 Å². The van der Waals surface area contributed by atoms with Gasteiger partial charge in [0.1, 0.15) is 0 Å². The molecule has 0 heterocycles. The van der Waals surface area contributed by atoms with Crippen LogP contribution in [-0.4, -0.2) is 20.0 Å². The van der Waals surface area contributed by atoms with Gasteiger partial charge in [0.2, 0.25) is 0 Å². The molecular weight excluding hydrogens is 228 g/mol. The first kappa shape index (κ1) is 12.7. The predicted octanol–water partition coefficient (Wildman–Crippen LogP) is 3.19. The molecule has 0 aliphatic heterocycles. The van der Waals surface area contributed by atoms with Crippen molar-refractivity contribution in [2.75, 3.05) is 14.2 Å². The Balaban J connectivity index is 2.51. The molecule has 96 valence electrons. The van der Waals surface area contributed by atoms with E-state index >= 15 is 0 Å². The predicted molar refractivity (Wildman–Crippen MR) is 71.2 cm³/mol. The highest BCUT2D eigenvalue weighted by Crippen LogP contribution is 2.35. The average Bonchev–Trinajstić information content (AvgIpc) is 2.37. The molecule has 1 aromatic rings. The summed E-state index contributed by atoms with van der Waals surface area (Å²) in [6.45, 7) is 4.11. The Hall–Kier alpha value is -1.77. The summed E-state index contributed by atoms with van der Waals surface area (Å²) in [5, 5.41) is 0. The van der Waals surface area contributed by atoms with Gasteiger partial charge in [0.25, 0.3) is 0 Å². The van der Waals surface area contributed by atoms with E-state index in [4.69, 9.17) is 9.47 Å². The Labute approximate surface area is 107 Å². The molecule has 1 atom stereocenters. The monoisotopic (exact) mass is 246 g/mol. The summed E-state index contributed by atoms with van der Waals surface area (Å²) in [5.41, 5.74) is 1.61. The van der Waals surface area contributed by atoms with Crippen LogP contribution in [0.2, 0.25) is 0 Å². The zero-order chi connectivity index (χ0) is 13.3. The quantitative estimate of drug-likeness (QED) is 0.821. The summed E-state index contributed by atoms with van der Waals surface area (Å²) in [5.74, 6) is 1.66. The van der Waals surface area contributed by atoms with E-state index in [9.17, 15) is 4.79 Å². The number of carbonyl (C=O) groups is 1. The molecular formula is C15H18O3. The number of carbonyl (C=O) groups excluding carboxylic acids is 1. The minimum absolute atomic E-state index is 0.0457. The van der Waals surface area contributed by atoms with Crippen molar-refractivity contribution in [3.05, 3.63) is 29.3 Å². The highest BCUT2D eigenvalue weighted by molar-refractivity contribution is 6.05. The second-order valence-corrected chi connectivity index (χ2v) is 4.79. The van der Waals surface area contributed by atoms with Gasteiger partial charge in [0.15, 0.2) is 17.3 Å². The van der Waals surface area contributed by atoms with Gasteiger partial charge in [-0.1, -0.05) is 26.0 Å². The number of fused-ring (bicyclic) bond motifs is 1. The topological polar surface area (TPSA) is 35.5 Å². The number of ether oxygens (including phenoxy) is 2. The summed E-state index contributed by atoms with van der Waals surface area (Å²) in [6.07, 6.45) is 3.96. The standard InChI is InChI=1S/C15H18O3/c1-9(2)11-6-5-10-7-13(17-3)14(18-4)8-12(10)15(11)16/h5-9,11H,1-4H3. The number of rotatable bonds is 3. The van der Waals surface area contributed by atoms with Gasteiger partial charge >= 0.3 is 0 Å². The van der Waals surface area contributed by atoms with Crippen molar-refractivity contribution in [2.24, 2.45) is 11.8 Å². The fourth-order valence-electron chi connectivity index (χ4n) is 2.25. The molecule has 0 bridgehead atoms. The van der Waals surface area contributed by atoms with E-state index in [-0.39, 0.29) is 11.7 Å². The molecule has 0 fully saturated rings. The van der Waals surface area contributed by atoms with Crippen LogP contribution in [0.3, 0.4) is 0 Å². The number of hydrogen-bond acceptors (Lipinski definition) is 3. The minimum atomic E-state index is -0.0457. The first-order valence-electron chi connectivity index (χ1n) is 6.07. The fraction of sp³-hybridized carbons (Fsp3) is 0.400. The summed E-state index contributed by atoms with van der Waals surface area (Å²) in [7, 11) is 3.17. The Morgan fingerprint density at radius 1 is 1.11 bits per heavy atom. The number of methoxy groups -OCH3 is 2. The van der Waals surface area contributed by atoms with Crippen LogP contribution in [-0.2, 0) is 0 Å². The van der Waals surface area contributed by atoms with Crippen molar-refractivity contribution in [3.8, 4) is 11.5 Å². The lowest BCUT2D eigenvalue weighted by Crippen LogP contribution is -2.21. The molecule has 2 rings (SSSR count). The van der Waals surface area contributed by atoms with E-state index in [1.54, 1.807) is 20.3 Å². The third kappa shape index (κ3) is 2.01. The summed E-state index contributed by atoms with van der Waals surface area (Å²) in [4.78, 5) is 12.4. The minimum Gasteiger partial charge on any atom is -0.493 e. The molecule has 1 unspecified atom stereocenters. The smallest absolute Gasteiger partial charge is 0.170 e. The van der Waals surface area contributed by atoms with Crippen molar-refractivity contribution in [2.45, 2.75) is 13.8 Å². The number of ketones is 1. The van der Waals surface area contributed by atoms with Crippen LogP contribution in [0.25, 0.3) is 6.08 Å². The summed E-state index contributed by atoms with van der Waals surface area (Å²) < 4.78 is 10.5. The number of allylic oxidation sites excluding steroid dienone is 1. The van der Waals surface area contributed by atoms with Gasteiger partial charge in [-0.05, 0) is 23.6 Å². The molecule has 18 heavy (non-hydrogen) atoms. The van der Waals surface area contributed by atoms with Crippen LogP contribution in [0.1, 0.15) is 29.8 Å². The van der Waals surface area contributed by atoms with Crippen LogP contribution in [0, 0.1) is 11.8 Å². The molecule has 0 spiro atoms. The van der Waals surface area contributed by atoms with Crippen molar-refractivity contribution < 1.29 is 14.3 Å². The molecule has 1 aliphatic rings.